The Balaban J connectivity index is 2.38. The van der Waals surface area contributed by atoms with Gasteiger partial charge in [0, 0.05) is 10.3 Å². The number of nitrogens with one attached hydrogen (secondary N) is 1. The fourth-order valence-electron chi connectivity index (χ4n) is 2.37. The van der Waals surface area contributed by atoms with E-state index >= 15 is 0 Å². The van der Waals surface area contributed by atoms with Crippen LogP contribution >= 0.6 is 11.8 Å². The molecule has 2 unspecified atom stereocenters. The highest BCUT2D eigenvalue weighted by molar-refractivity contribution is 8.00. The van der Waals surface area contributed by atoms with Crippen molar-refractivity contribution in [1.82, 2.24) is 5.43 Å². The van der Waals surface area contributed by atoms with Crippen molar-refractivity contribution >= 4 is 11.8 Å². The van der Waals surface area contributed by atoms with Crippen LogP contribution in [0.5, 0.6) is 0 Å². The zero-order valence-electron chi connectivity index (χ0n) is 9.67. The molecule has 1 aliphatic rings. The largest absolute Gasteiger partial charge is 0.271 e. The molecule has 1 fully saturated rings. The van der Waals surface area contributed by atoms with Crippen LogP contribution in [0.4, 0.5) is 8.78 Å². The van der Waals surface area contributed by atoms with E-state index in [-0.39, 0.29) is 10.8 Å². The molecule has 0 saturated carbocycles. The number of rotatable bonds is 3. The van der Waals surface area contributed by atoms with E-state index in [1.807, 2.05) is 6.92 Å². The van der Waals surface area contributed by atoms with Gasteiger partial charge in [0.2, 0.25) is 0 Å². The van der Waals surface area contributed by atoms with Gasteiger partial charge in [0.25, 0.3) is 0 Å². The van der Waals surface area contributed by atoms with E-state index in [1.54, 1.807) is 17.8 Å². The van der Waals surface area contributed by atoms with E-state index < -0.39 is 11.6 Å². The quantitative estimate of drug-likeness (QED) is 0.646. The van der Waals surface area contributed by atoms with Crippen LogP contribution in [-0.4, -0.2) is 10.5 Å². The molecule has 1 aromatic carbocycles. The number of nitrogens with two attached hydrogens (primary N) is 1. The summed E-state index contributed by atoms with van der Waals surface area (Å²) in [6.07, 6.45) is 2.03. The Hall–Kier alpha value is -0.650. The second-order valence-electron chi connectivity index (χ2n) is 4.51. The molecule has 0 amide bonds. The third-order valence-corrected chi connectivity index (χ3v) is 4.91. The van der Waals surface area contributed by atoms with Crippen LogP contribution in [0, 0.1) is 11.6 Å². The van der Waals surface area contributed by atoms with Crippen molar-refractivity contribution in [2.24, 2.45) is 5.84 Å². The number of thioether (sulfide) groups is 1. The van der Waals surface area contributed by atoms with Gasteiger partial charge < -0.3 is 0 Å². The van der Waals surface area contributed by atoms with Crippen LogP contribution in [0.25, 0.3) is 0 Å². The maximum atomic E-state index is 13.8. The Kier molecular flexibility index (Phi) is 3.70. The lowest BCUT2D eigenvalue weighted by molar-refractivity contribution is 0.395. The standard InChI is InChI=1S/C12H16F2N2S/c1-12(6-3-7-17-12)11(16-15)8-4-2-5-9(13)10(8)14/h2,4-5,11,16H,3,6-7,15H2,1H3. The highest BCUT2D eigenvalue weighted by Gasteiger charge is 2.39. The average Bonchev–Trinajstić information content (AvgIpc) is 2.73. The molecule has 2 atom stereocenters. The zero-order chi connectivity index (χ0) is 12.5. The van der Waals surface area contributed by atoms with Crippen LogP contribution in [0.2, 0.25) is 0 Å². The molecule has 2 rings (SSSR count). The fraction of sp³-hybridized carbons (Fsp3) is 0.500. The van der Waals surface area contributed by atoms with Crippen molar-refractivity contribution in [2.75, 3.05) is 5.75 Å². The molecular formula is C12H16F2N2S. The number of halogens is 2. The summed E-state index contributed by atoms with van der Waals surface area (Å²) in [6, 6.07) is 3.86. The van der Waals surface area contributed by atoms with Gasteiger partial charge >= 0.3 is 0 Å². The minimum atomic E-state index is -0.825. The maximum Gasteiger partial charge on any atom is 0.163 e. The lowest BCUT2D eigenvalue weighted by Crippen LogP contribution is -2.41. The van der Waals surface area contributed by atoms with Gasteiger partial charge in [-0.1, -0.05) is 12.1 Å². The van der Waals surface area contributed by atoms with Gasteiger partial charge in [-0.15, -0.1) is 0 Å². The molecule has 0 aromatic heterocycles. The number of benzene rings is 1. The van der Waals surface area contributed by atoms with E-state index in [2.05, 4.69) is 5.43 Å². The Labute approximate surface area is 104 Å². The third-order valence-electron chi connectivity index (χ3n) is 3.32. The smallest absolute Gasteiger partial charge is 0.163 e. The first-order valence-corrected chi connectivity index (χ1v) is 6.61. The SMILES string of the molecule is CC1(C(NN)c2cccc(F)c2F)CCCS1. The van der Waals surface area contributed by atoms with Crippen LogP contribution in [0.1, 0.15) is 31.4 Å². The first-order valence-electron chi connectivity index (χ1n) is 5.62. The molecule has 2 nitrogen and oxygen atoms in total. The molecule has 3 N–H and O–H groups in total. The molecule has 5 heteroatoms. The predicted molar refractivity (Wildman–Crippen MR) is 66.5 cm³/mol. The van der Waals surface area contributed by atoms with Gasteiger partial charge in [-0.25, -0.2) is 8.78 Å². The van der Waals surface area contributed by atoms with E-state index in [9.17, 15) is 8.78 Å². The summed E-state index contributed by atoms with van der Waals surface area (Å²) in [7, 11) is 0. The van der Waals surface area contributed by atoms with Gasteiger partial charge in [0.05, 0.1) is 6.04 Å². The van der Waals surface area contributed by atoms with E-state index in [0.717, 1.165) is 24.7 Å². The second-order valence-corrected chi connectivity index (χ2v) is 6.14. The fourth-order valence-corrected chi connectivity index (χ4v) is 3.77. The molecule has 94 valence electrons. The third kappa shape index (κ3) is 2.32. The highest BCUT2D eigenvalue weighted by Crippen LogP contribution is 2.46. The van der Waals surface area contributed by atoms with E-state index in [1.165, 1.54) is 6.07 Å². The van der Waals surface area contributed by atoms with Crippen molar-refractivity contribution in [3.05, 3.63) is 35.4 Å². The van der Waals surface area contributed by atoms with E-state index in [4.69, 9.17) is 5.84 Å². The average molecular weight is 258 g/mol. The summed E-state index contributed by atoms with van der Waals surface area (Å²) in [5.74, 6) is 4.94. The molecule has 1 heterocycles. The number of hydrogen-bond acceptors (Lipinski definition) is 3. The van der Waals surface area contributed by atoms with Crippen molar-refractivity contribution in [1.29, 1.82) is 0 Å². The first-order chi connectivity index (χ1) is 8.08. The molecule has 0 bridgehead atoms. The maximum absolute atomic E-state index is 13.8. The monoisotopic (exact) mass is 258 g/mol. The van der Waals surface area contributed by atoms with Crippen molar-refractivity contribution in [3.8, 4) is 0 Å². The van der Waals surface area contributed by atoms with Gasteiger partial charge in [0.15, 0.2) is 11.6 Å². The minimum Gasteiger partial charge on any atom is -0.271 e. The molecule has 0 radical (unpaired) electrons. The number of hydrogen-bond donors (Lipinski definition) is 2. The van der Waals surface area contributed by atoms with Crippen molar-refractivity contribution in [2.45, 2.75) is 30.6 Å². The Morgan fingerprint density at radius 3 is 2.82 bits per heavy atom. The molecule has 17 heavy (non-hydrogen) atoms. The second kappa shape index (κ2) is 4.92. The van der Waals surface area contributed by atoms with Crippen LogP contribution < -0.4 is 11.3 Å². The normalized spacial score (nSPS) is 26.1. The van der Waals surface area contributed by atoms with Gasteiger partial charge in [-0.05, 0) is 31.6 Å². The summed E-state index contributed by atoms with van der Waals surface area (Å²) in [6.45, 7) is 2.04. The van der Waals surface area contributed by atoms with Gasteiger partial charge in [-0.2, -0.15) is 11.8 Å². The summed E-state index contributed by atoms with van der Waals surface area (Å²) in [4.78, 5) is 0. The molecule has 1 aliphatic heterocycles. The first kappa shape index (κ1) is 12.8. The summed E-state index contributed by atoms with van der Waals surface area (Å²) >= 11 is 1.76. The predicted octanol–water partition coefficient (Wildman–Crippen LogP) is 2.75. The Morgan fingerprint density at radius 2 is 2.24 bits per heavy atom. The van der Waals surface area contributed by atoms with E-state index in [0.29, 0.717) is 5.56 Å². The molecule has 0 aliphatic carbocycles. The summed E-state index contributed by atoms with van der Waals surface area (Å²) in [5, 5.41) is 0. The van der Waals surface area contributed by atoms with Crippen molar-refractivity contribution in [3.63, 3.8) is 0 Å². The molecule has 1 aromatic rings. The minimum absolute atomic E-state index is 0.177. The van der Waals surface area contributed by atoms with Crippen LogP contribution in [0.3, 0.4) is 0 Å². The lowest BCUT2D eigenvalue weighted by atomic mass is 9.90. The summed E-state index contributed by atoms with van der Waals surface area (Å²) < 4.78 is 26.8. The topological polar surface area (TPSA) is 38.0 Å². The van der Waals surface area contributed by atoms with Crippen LogP contribution in [0.15, 0.2) is 18.2 Å². The zero-order valence-corrected chi connectivity index (χ0v) is 10.5. The molecule has 0 spiro atoms. The Morgan fingerprint density at radius 1 is 1.47 bits per heavy atom. The van der Waals surface area contributed by atoms with Gasteiger partial charge in [-0.3, -0.25) is 11.3 Å². The number of hydrazine groups is 1. The lowest BCUT2D eigenvalue weighted by Gasteiger charge is -2.33. The van der Waals surface area contributed by atoms with Gasteiger partial charge in [0.1, 0.15) is 0 Å². The summed E-state index contributed by atoms with van der Waals surface area (Å²) in [5.41, 5.74) is 2.95. The Bertz CT molecular complexity index is 405. The molecule has 1 saturated heterocycles. The molecular weight excluding hydrogens is 242 g/mol. The highest BCUT2D eigenvalue weighted by atomic mass is 32.2. The van der Waals surface area contributed by atoms with Crippen molar-refractivity contribution < 1.29 is 8.78 Å². The van der Waals surface area contributed by atoms with Crippen LogP contribution in [-0.2, 0) is 0 Å².